The topological polar surface area (TPSA) is 47.6 Å². The van der Waals surface area contributed by atoms with Gasteiger partial charge in [0, 0.05) is 12.5 Å². The first kappa shape index (κ1) is 14.5. The van der Waals surface area contributed by atoms with Crippen molar-refractivity contribution in [1.29, 1.82) is 0 Å². The van der Waals surface area contributed by atoms with Crippen LogP contribution in [0.15, 0.2) is 0 Å². The van der Waals surface area contributed by atoms with Gasteiger partial charge in [-0.2, -0.15) is 0 Å². The molecule has 1 heterocycles. The number of carbonyl (C=O) groups excluding carboxylic acids is 1. The molecule has 0 bridgehead atoms. The lowest BCUT2D eigenvalue weighted by Gasteiger charge is -2.39. The number of hydrogen-bond acceptors (Lipinski definition) is 4. The molecule has 1 rings (SSSR count). The first-order chi connectivity index (χ1) is 7.56. The van der Waals surface area contributed by atoms with Crippen molar-refractivity contribution in [3.05, 3.63) is 0 Å². The molecule has 0 amide bonds. The third-order valence-corrected chi connectivity index (χ3v) is 3.32. The molecule has 0 radical (unpaired) electrons. The van der Waals surface area contributed by atoms with Gasteiger partial charge in [-0.25, -0.2) is 4.79 Å². The molecule has 0 spiro atoms. The van der Waals surface area contributed by atoms with Gasteiger partial charge in [0.1, 0.15) is 5.54 Å². The Balaban J connectivity index is 3.18. The van der Waals surface area contributed by atoms with E-state index in [2.05, 4.69) is 5.32 Å². The molecule has 1 aliphatic heterocycles. The van der Waals surface area contributed by atoms with Crippen LogP contribution in [0.1, 0.15) is 48.0 Å². The first-order valence-corrected chi connectivity index (χ1v) is 6.13. The van der Waals surface area contributed by atoms with Crippen LogP contribution >= 0.6 is 0 Å². The molecular formula is C13H25NO3. The summed E-state index contributed by atoms with van der Waals surface area (Å²) in [4.78, 5) is 12.2. The van der Waals surface area contributed by atoms with Gasteiger partial charge in [0.25, 0.3) is 0 Å². The highest BCUT2D eigenvalue weighted by molar-refractivity contribution is 5.83. The molecular weight excluding hydrogens is 218 g/mol. The highest BCUT2D eigenvalue weighted by Crippen LogP contribution is 2.45. The summed E-state index contributed by atoms with van der Waals surface area (Å²) in [5, 5.41) is 3.35. The highest BCUT2D eigenvalue weighted by Gasteiger charge is 2.62. The Bertz CT molecular complexity index is 310. The molecule has 4 nitrogen and oxygen atoms in total. The maximum absolute atomic E-state index is 12.2. The van der Waals surface area contributed by atoms with Crippen LogP contribution in [0, 0.1) is 0 Å². The Morgan fingerprint density at radius 1 is 1.29 bits per heavy atom. The Morgan fingerprint density at radius 3 is 2.12 bits per heavy atom. The van der Waals surface area contributed by atoms with E-state index >= 15 is 0 Å². The predicted octanol–water partition coefficient (Wildman–Crippen LogP) is 1.87. The zero-order valence-electron chi connectivity index (χ0n) is 12.0. The molecule has 1 aliphatic rings. The second kappa shape index (κ2) is 4.25. The molecule has 0 aromatic rings. The van der Waals surface area contributed by atoms with E-state index in [1.165, 1.54) is 7.11 Å². The van der Waals surface area contributed by atoms with Crippen LogP contribution in [0.5, 0.6) is 0 Å². The third kappa shape index (κ3) is 2.47. The van der Waals surface area contributed by atoms with E-state index in [1.54, 1.807) is 0 Å². The summed E-state index contributed by atoms with van der Waals surface area (Å²) in [6.07, 6.45) is 0.609. The number of esters is 1. The Hall–Kier alpha value is -0.610. The van der Waals surface area contributed by atoms with Gasteiger partial charge < -0.3 is 9.47 Å². The summed E-state index contributed by atoms with van der Waals surface area (Å²) in [6.45, 7) is 11.9. The van der Waals surface area contributed by atoms with Crippen molar-refractivity contribution in [1.82, 2.24) is 5.32 Å². The standard InChI is InChI=1S/C13H25NO3/c1-9(2)14-13(10(15)16-7)8-11(3,4)17-12(13,5)6/h9,14H,8H2,1-7H3. The Morgan fingerprint density at radius 2 is 1.82 bits per heavy atom. The second-order valence-corrected chi connectivity index (χ2v) is 6.24. The molecule has 0 aliphatic carbocycles. The molecule has 1 saturated heterocycles. The van der Waals surface area contributed by atoms with E-state index < -0.39 is 11.1 Å². The zero-order valence-corrected chi connectivity index (χ0v) is 12.0. The van der Waals surface area contributed by atoms with Crippen molar-refractivity contribution in [3.8, 4) is 0 Å². The zero-order chi connectivity index (χ0) is 13.5. The smallest absolute Gasteiger partial charge is 0.329 e. The number of carbonyl (C=O) groups is 1. The normalized spacial score (nSPS) is 30.6. The molecule has 1 N–H and O–H groups in total. The second-order valence-electron chi connectivity index (χ2n) is 6.24. The van der Waals surface area contributed by atoms with Crippen molar-refractivity contribution >= 4 is 5.97 Å². The molecule has 1 fully saturated rings. The number of ether oxygens (including phenoxy) is 2. The van der Waals surface area contributed by atoms with Gasteiger partial charge in [0.15, 0.2) is 0 Å². The van der Waals surface area contributed by atoms with E-state index in [1.807, 2.05) is 41.5 Å². The monoisotopic (exact) mass is 243 g/mol. The lowest BCUT2D eigenvalue weighted by atomic mass is 9.78. The van der Waals surface area contributed by atoms with Crippen LogP contribution in [0.2, 0.25) is 0 Å². The maximum atomic E-state index is 12.2. The van der Waals surface area contributed by atoms with Crippen LogP contribution in [0.25, 0.3) is 0 Å². The number of methoxy groups -OCH3 is 1. The molecule has 17 heavy (non-hydrogen) atoms. The van der Waals surface area contributed by atoms with Crippen LogP contribution in [-0.4, -0.2) is 35.9 Å². The Kier molecular flexibility index (Phi) is 3.61. The van der Waals surface area contributed by atoms with Crippen molar-refractivity contribution in [3.63, 3.8) is 0 Å². The predicted molar refractivity (Wildman–Crippen MR) is 66.9 cm³/mol. The fraction of sp³-hybridized carbons (Fsp3) is 0.923. The van der Waals surface area contributed by atoms with Gasteiger partial charge in [-0.15, -0.1) is 0 Å². The highest BCUT2D eigenvalue weighted by atomic mass is 16.6. The molecule has 0 saturated carbocycles. The first-order valence-electron chi connectivity index (χ1n) is 6.13. The van der Waals surface area contributed by atoms with Gasteiger partial charge in [0.05, 0.1) is 18.3 Å². The van der Waals surface area contributed by atoms with E-state index in [4.69, 9.17) is 9.47 Å². The maximum Gasteiger partial charge on any atom is 0.329 e. The van der Waals surface area contributed by atoms with E-state index in [0.29, 0.717) is 6.42 Å². The van der Waals surface area contributed by atoms with Gasteiger partial charge in [0.2, 0.25) is 0 Å². The van der Waals surface area contributed by atoms with E-state index in [-0.39, 0.29) is 17.6 Å². The molecule has 0 aromatic heterocycles. The summed E-state index contributed by atoms with van der Waals surface area (Å²) < 4.78 is 11.0. The molecule has 4 heteroatoms. The quantitative estimate of drug-likeness (QED) is 0.769. The third-order valence-electron chi connectivity index (χ3n) is 3.32. The number of rotatable bonds is 3. The molecule has 1 atom stereocenters. The summed E-state index contributed by atoms with van der Waals surface area (Å²) in [5.41, 5.74) is -1.70. The van der Waals surface area contributed by atoms with Crippen LogP contribution in [0.3, 0.4) is 0 Å². The Labute approximate surface area is 104 Å². The summed E-state index contributed by atoms with van der Waals surface area (Å²) in [5.74, 6) is -0.248. The number of nitrogens with one attached hydrogen (secondary N) is 1. The summed E-state index contributed by atoms with van der Waals surface area (Å²) in [7, 11) is 1.42. The van der Waals surface area contributed by atoms with Gasteiger partial charge in [-0.1, -0.05) is 0 Å². The molecule has 1 unspecified atom stereocenters. The van der Waals surface area contributed by atoms with Crippen LogP contribution in [-0.2, 0) is 14.3 Å². The molecule has 0 aromatic carbocycles. The minimum Gasteiger partial charge on any atom is -0.468 e. The minimum atomic E-state index is -0.778. The van der Waals surface area contributed by atoms with Crippen molar-refractivity contribution in [2.24, 2.45) is 0 Å². The van der Waals surface area contributed by atoms with Crippen LogP contribution in [0.4, 0.5) is 0 Å². The average Bonchev–Trinajstić information content (AvgIpc) is 2.29. The SMILES string of the molecule is COC(=O)C1(NC(C)C)CC(C)(C)OC1(C)C. The van der Waals surface area contributed by atoms with Crippen molar-refractivity contribution in [2.45, 2.75) is 70.7 Å². The van der Waals surface area contributed by atoms with Gasteiger partial charge in [-0.05, 0) is 41.5 Å². The lowest BCUT2D eigenvalue weighted by Crippen LogP contribution is -2.64. The van der Waals surface area contributed by atoms with E-state index in [9.17, 15) is 4.79 Å². The van der Waals surface area contributed by atoms with Gasteiger partial charge >= 0.3 is 5.97 Å². The summed E-state index contributed by atoms with van der Waals surface area (Å²) in [6, 6.07) is 0.186. The average molecular weight is 243 g/mol. The van der Waals surface area contributed by atoms with Gasteiger partial charge in [-0.3, -0.25) is 5.32 Å². The lowest BCUT2D eigenvalue weighted by molar-refractivity contribution is -0.157. The fourth-order valence-corrected chi connectivity index (χ4v) is 2.93. The molecule has 100 valence electrons. The van der Waals surface area contributed by atoms with Crippen molar-refractivity contribution < 1.29 is 14.3 Å². The minimum absolute atomic E-state index is 0.186. The van der Waals surface area contributed by atoms with Crippen LogP contribution < -0.4 is 5.32 Å². The van der Waals surface area contributed by atoms with E-state index in [0.717, 1.165) is 0 Å². The van der Waals surface area contributed by atoms with Crippen molar-refractivity contribution in [2.75, 3.05) is 7.11 Å². The summed E-state index contributed by atoms with van der Waals surface area (Å²) >= 11 is 0. The number of hydrogen-bond donors (Lipinski definition) is 1. The fourth-order valence-electron chi connectivity index (χ4n) is 2.93. The largest absolute Gasteiger partial charge is 0.468 e.